The van der Waals surface area contributed by atoms with E-state index in [1.165, 1.54) is 19.2 Å². The van der Waals surface area contributed by atoms with Crippen molar-refractivity contribution in [1.29, 1.82) is 5.26 Å². The van der Waals surface area contributed by atoms with Crippen LogP contribution in [0.15, 0.2) is 42.5 Å². The van der Waals surface area contributed by atoms with Gasteiger partial charge in [-0.05, 0) is 35.9 Å². The molecule has 21 heavy (non-hydrogen) atoms. The summed E-state index contributed by atoms with van der Waals surface area (Å²) in [5, 5.41) is 11.9. The molecule has 5 heteroatoms. The van der Waals surface area contributed by atoms with E-state index in [0.29, 0.717) is 17.8 Å². The maximum absolute atomic E-state index is 13.2. The Bertz CT molecular complexity index is 708. The normalized spacial score (nSPS) is 9.76. The van der Waals surface area contributed by atoms with Gasteiger partial charge in [0.15, 0.2) is 0 Å². The molecule has 0 amide bonds. The number of anilines is 1. The van der Waals surface area contributed by atoms with Crippen molar-refractivity contribution in [1.82, 2.24) is 0 Å². The fourth-order valence-corrected chi connectivity index (χ4v) is 1.90. The monoisotopic (exact) mass is 284 g/mol. The third-order valence-electron chi connectivity index (χ3n) is 2.93. The van der Waals surface area contributed by atoms with Crippen molar-refractivity contribution in [2.45, 2.75) is 6.54 Å². The van der Waals surface area contributed by atoms with Crippen LogP contribution in [0.4, 0.5) is 10.1 Å². The fraction of sp³-hybridized carbons (Fsp3) is 0.125. The van der Waals surface area contributed by atoms with Gasteiger partial charge in [0.05, 0.1) is 24.3 Å². The number of methoxy groups -OCH3 is 1. The number of halogens is 1. The van der Waals surface area contributed by atoms with Crippen molar-refractivity contribution < 1.29 is 13.9 Å². The predicted molar refractivity (Wildman–Crippen MR) is 76.2 cm³/mol. The molecule has 0 heterocycles. The molecule has 1 N–H and O–H groups in total. The molecule has 0 saturated carbocycles. The lowest BCUT2D eigenvalue weighted by atomic mass is 10.1. The minimum Gasteiger partial charge on any atom is -0.465 e. The molecule has 0 aliphatic rings. The molecule has 0 radical (unpaired) electrons. The Morgan fingerprint density at radius 2 is 2.14 bits per heavy atom. The van der Waals surface area contributed by atoms with Gasteiger partial charge >= 0.3 is 5.97 Å². The van der Waals surface area contributed by atoms with E-state index >= 15 is 0 Å². The lowest BCUT2D eigenvalue weighted by molar-refractivity contribution is 0.0601. The van der Waals surface area contributed by atoms with Crippen LogP contribution in [-0.2, 0) is 11.3 Å². The second-order valence-electron chi connectivity index (χ2n) is 4.35. The third kappa shape index (κ3) is 3.57. The highest BCUT2D eigenvalue weighted by Gasteiger charge is 2.12. The quantitative estimate of drug-likeness (QED) is 0.876. The molecule has 0 aliphatic heterocycles. The van der Waals surface area contributed by atoms with Crippen molar-refractivity contribution >= 4 is 11.7 Å². The van der Waals surface area contributed by atoms with Crippen LogP contribution >= 0.6 is 0 Å². The molecule has 0 aliphatic carbocycles. The summed E-state index contributed by atoms with van der Waals surface area (Å²) in [6, 6.07) is 13.0. The minimum absolute atomic E-state index is 0.133. The highest BCUT2D eigenvalue weighted by molar-refractivity contribution is 5.95. The first-order chi connectivity index (χ1) is 10.1. The van der Waals surface area contributed by atoms with Crippen LogP contribution in [-0.4, -0.2) is 13.1 Å². The van der Waals surface area contributed by atoms with Crippen LogP contribution in [0.25, 0.3) is 0 Å². The van der Waals surface area contributed by atoms with Crippen molar-refractivity contribution in [3.05, 3.63) is 65.0 Å². The molecular weight excluding hydrogens is 271 g/mol. The molecule has 106 valence electrons. The summed E-state index contributed by atoms with van der Waals surface area (Å²) < 4.78 is 17.9. The average Bonchev–Trinajstić information content (AvgIpc) is 2.53. The number of nitriles is 1. The van der Waals surface area contributed by atoms with E-state index in [1.54, 1.807) is 18.2 Å². The van der Waals surface area contributed by atoms with Gasteiger partial charge < -0.3 is 10.1 Å². The summed E-state index contributed by atoms with van der Waals surface area (Å²) in [5.74, 6) is -1.12. The van der Waals surface area contributed by atoms with E-state index in [1.807, 2.05) is 6.07 Å². The van der Waals surface area contributed by atoms with Gasteiger partial charge in [0.1, 0.15) is 5.82 Å². The molecule has 0 unspecified atom stereocenters. The Morgan fingerprint density at radius 3 is 2.86 bits per heavy atom. The van der Waals surface area contributed by atoms with E-state index in [2.05, 4.69) is 16.1 Å². The number of carbonyl (C=O) groups is 1. The van der Waals surface area contributed by atoms with E-state index in [9.17, 15) is 9.18 Å². The number of hydrogen-bond acceptors (Lipinski definition) is 4. The summed E-state index contributed by atoms with van der Waals surface area (Å²) in [6.45, 7) is 0.408. The minimum atomic E-state index is -0.609. The summed E-state index contributed by atoms with van der Waals surface area (Å²) in [5.41, 5.74) is 2.05. The molecule has 2 rings (SSSR count). The molecule has 0 fully saturated rings. The molecule has 0 saturated heterocycles. The first kappa shape index (κ1) is 14.5. The molecule has 2 aromatic rings. The number of ether oxygens (including phenoxy) is 1. The summed E-state index contributed by atoms with van der Waals surface area (Å²) in [4.78, 5) is 11.6. The number of hydrogen-bond donors (Lipinski definition) is 1. The first-order valence-electron chi connectivity index (χ1n) is 6.25. The second-order valence-corrected chi connectivity index (χ2v) is 4.35. The maximum Gasteiger partial charge on any atom is 0.340 e. The van der Waals surface area contributed by atoms with Crippen LogP contribution in [0.3, 0.4) is 0 Å². The Morgan fingerprint density at radius 1 is 1.33 bits per heavy atom. The fourth-order valence-electron chi connectivity index (χ4n) is 1.90. The van der Waals surface area contributed by atoms with Gasteiger partial charge in [-0.25, -0.2) is 9.18 Å². The van der Waals surface area contributed by atoms with Gasteiger partial charge in [-0.15, -0.1) is 0 Å². The van der Waals surface area contributed by atoms with Crippen LogP contribution in [0.5, 0.6) is 0 Å². The maximum atomic E-state index is 13.2. The van der Waals surface area contributed by atoms with Gasteiger partial charge in [0.2, 0.25) is 0 Å². The third-order valence-corrected chi connectivity index (χ3v) is 2.93. The summed E-state index contributed by atoms with van der Waals surface area (Å²) in [7, 11) is 1.24. The molecule has 2 aromatic carbocycles. The molecule has 0 spiro atoms. The lowest BCUT2D eigenvalue weighted by Crippen LogP contribution is -2.09. The van der Waals surface area contributed by atoms with Crippen LogP contribution in [0.1, 0.15) is 21.5 Å². The topological polar surface area (TPSA) is 62.1 Å². The highest BCUT2D eigenvalue weighted by atomic mass is 19.1. The zero-order chi connectivity index (χ0) is 15.2. The summed E-state index contributed by atoms with van der Waals surface area (Å²) in [6.07, 6.45) is 0. The van der Waals surface area contributed by atoms with Crippen molar-refractivity contribution in [2.75, 3.05) is 12.4 Å². The Labute approximate surface area is 121 Å². The second kappa shape index (κ2) is 6.53. The number of rotatable bonds is 4. The predicted octanol–water partition coefficient (Wildman–Crippen LogP) is 3.10. The van der Waals surface area contributed by atoms with Crippen LogP contribution in [0.2, 0.25) is 0 Å². The van der Waals surface area contributed by atoms with Gasteiger partial charge in [-0.3, -0.25) is 0 Å². The number of esters is 1. The largest absolute Gasteiger partial charge is 0.465 e. The molecule has 0 atom stereocenters. The first-order valence-corrected chi connectivity index (χ1v) is 6.25. The molecule has 0 aromatic heterocycles. The average molecular weight is 284 g/mol. The van der Waals surface area contributed by atoms with Gasteiger partial charge in [0, 0.05) is 12.2 Å². The number of benzene rings is 2. The number of carbonyl (C=O) groups excluding carboxylic acids is 1. The van der Waals surface area contributed by atoms with Gasteiger partial charge in [-0.1, -0.05) is 12.1 Å². The number of nitrogens with zero attached hydrogens (tertiary/aromatic N) is 1. The molecule has 0 bridgehead atoms. The van der Waals surface area contributed by atoms with E-state index in [4.69, 9.17) is 5.26 Å². The Hall–Kier alpha value is -2.87. The SMILES string of the molecule is COC(=O)c1cc(F)ccc1NCc1cccc(C#N)c1. The van der Waals surface area contributed by atoms with E-state index < -0.39 is 11.8 Å². The highest BCUT2D eigenvalue weighted by Crippen LogP contribution is 2.19. The molecule has 4 nitrogen and oxygen atoms in total. The smallest absolute Gasteiger partial charge is 0.340 e. The van der Waals surface area contributed by atoms with E-state index in [-0.39, 0.29) is 5.56 Å². The Kier molecular flexibility index (Phi) is 4.52. The van der Waals surface area contributed by atoms with Gasteiger partial charge in [-0.2, -0.15) is 5.26 Å². The zero-order valence-electron chi connectivity index (χ0n) is 11.4. The molecular formula is C16H13FN2O2. The van der Waals surface area contributed by atoms with Crippen LogP contribution in [0, 0.1) is 17.1 Å². The van der Waals surface area contributed by atoms with Crippen molar-refractivity contribution in [2.24, 2.45) is 0 Å². The zero-order valence-corrected chi connectivity index (χ0v) is 11.4. The van der Waals surface area contributed by atoms with E-state index in [0.717, 1.165) is 11.6 Å². The van der Waals surface area contributed by atoms with Crippen molar-refractivity contribution in [3.8, 4) is 6.07 Å². The van der Waals surface area contributed by atoms with Crippen molar-refractivity contribution in [3.63, 3.8) is 0 Å². The Balaban J connectivity index is 2.20. The standard InChI is InChI=1S/C16H13FN2O2/c1-21-16(20)14-8-13(17)5-6-15(14)19-10-12-4-2-3-11(7-12)9-18/h2-8,19H,10H2,1H3. The van der Waals surface area contributed by atoms with Gasteiger partial charge in [0.25, 0.3) is 0 Å². The lowest BCUT2D eigenvalue weighted by Gasteiger charge is -2.11. The van der Waals surface area contributed by atoms with Crippen LogP contribution < -0.4 is 5.32 Å². The number of nitrogens with one attached hydrogen (secondary N) is 1. The summed E-state index contributed by atoms with van der Waals surface area (Å²) >= 11 is 0.